The number of nitrogens with one attached hydrogen (secondary N) is 1. The largest absolute Gasteiger partial charge is 0.482 e. The number of nitrogens with zero attached hydrogens (tertiary/aromatic N) is 2. The second kappa shape index (κ2) is 8.95. The molecule has 1 aliphatic heterocycles. The molecule has 1 saturated heterocycles. The molecule has 1 fully saturated rings. The molecule has 1 aromatic carbocycles. The minimum atomic E-state index is -0.169. The van der Waals surface area contributed by atoms with E-state index in [0.29, 0.717) is 24.0 Å². The third kappa shape index (κ3) is 5.46. The number of carbonyl (C=O) groups excluding carboxylic acids is 1. The SMILES string of the molecule is O=C(COc1ccccc1Cl)NCN1CCN(CCO)CC1. The molecule has 0 saturated carbocycles. The highest BCUT2D eigenvalue weighted by atomic mass is 35.5. The Labute approximate surface area is 135 Å². The van der Waals surface area contributed by atoms with Crippen LogP contribution in [0.1, 0.15) is 0 Å². The van der Waals surface area contributed by atoms with Crippen molar-refractivity contribution in [3.8, 4) is 5.75 Å². The van der Waals surface area contributed by atoms with E-state index in [0.717, 1.165) is 26.2 Å². The van der Waals surface area contributed by atoms with Crippen LogP contribution in [0.25, 0.3) is 0 Å². The molecule has 2 N–H and O–H groups in total. The van der Waals surface area contributed by atoms with Crippen LogP contribution < -0.4 is 10.1 Å². The van der Waals surface area contributed by atoms with Crippen molar-refractivity contribution in [2.75, 3.05) is 52.6 Å². The average Bonchev–Trinajstić information content (AvgIpc) is 2.54. The van der Waals surface area contributed by atoms with Gasteiger partial charge in [-0.3, -0.25) is 14.6 Å². The summed E-state index contributed by atoms with van der Waals surface area (Å²) in [5, 5.41) is 12.2. The first-order valence-electron chi connectivity index (χ1n) is 7.38. The van der Waals surface area contributed by atoms with Crippen molar-refractivity contribution in [1.82, 2.24) is 15.1 Å². The zero-order valence-electron chi connectivity index (χ0n) is 12.5. The number of amides is 1. The van der Waals surface area contributed by atoms with Crippen LogP contribution in [0.5, 0.6) is 5.75 Å². The van der Waals surface area contributed by atoms with Crippen molar-refractivity contribution in [3.63, 3.8) is 0 Å². The quantitative estimate of drug-likeness (QED) is 0.759. The Balaban J connectivity index is 1.63. The number of β-amino-alcohol motifs (C(OH)–C–C–N with tert-alkyl or cyclic N) is 1. The second-order valence-electron chi connectivity index (χ2n) is 5.16. The van der Waals surface area contributed by atoms with Crippen LogP contribution in [0, 0.1) is 0 Å². The number of aliphatic hydroxyl groups is 1. The van der Waals surface area contributed by atoms with Crippen LogP contribution in [0.4, 0.5) is 0 Å². The third-order valence-electron chi connectivity index (χ3n) is 3.58. The van der Waals surface area contributed by atoms with Crippen LogP contribution >= 0.6 is 11.6 Å². The number of hydrogen-bond acceptors (Lipinski definition) is 5. The molecule has 1 aromatic rings. The predicted molar refractivity (Wildman–Crippen MR) is 85.1 cm³/mol. The normalized spacial score (nSPS) is 16.5. The van der Waals surface area contributed by atoms with Gasteiger partial charge >= 0.3 is 0 Å². The minimum Gasteiger partial charge on any atom is -0.482 e. The number of aliphatic hydroxyl groups excluding tert-OH is 1. The van der Waals surface area contributed by atoms with E-state index in [2.05, 4.69) is 15.1 Å². The molecule has 122 valence electrons. The Morgan fingerprint density at radius 1 is 1.23 bits per heavy atom. The number of piperazine rings is 1. The Kier molecular flexibility index (Phi) is 6.92. The first kappa shape index (κ1) is 17.0. The summed E-state index contributed by atoms with van der Waals surface area (Å²) < 4.78 is 5.39. The molecule has 0 aliphatic carbocycles. The van der Waals surface area contributed by atoms with Gasteiger partial charge in [-0.25, -0.2) is 0 Å². The van der Waals surface area contributed by atoms with Crippen LogP contribution in [-0.4, -0.2) is 73.4 Å². The minimum absolute atomic E-state index is 0.0474. The number of para-hydroxylation sites is 1. The van der Waals surface area contributed by atoms with E-state index in [4.69, 9.17) is 21.4 Å². The van der Waals surface area contributed by atoms with Crippen molar-refractivity contribution in [2.24, 2.45) is 0 Å². The van der Waals surface area contributed by atoms with E-state index in [1.807, 2.05) is 12.1 Å². The Bertz CT molecular complexity index is 479. The maximum absolute atomic E-state index is 11.8. The fourth-order valence-corrected chi connectivity index (χ4v) is 2.46. The summed E-state index contributed by atoms with van der Waals surface area (Å²) in [5.74, 6) is 0.342. The lowest BCUT2D eigenvalue weighted by Gasteiger charge is -2.34. The summed E-state index contributed by atoms with van der Waals surface area (Å²) in [6.07, 6.45) is 0. The van der Waals surface area contributed by atoms with Gasteiger partial charge < -0.3 is 15.2 Å². The molecule has 7 heteroatoms. The summed E-state index contributed by atoms with van der Waals surface area (Å²) in [6, 6.07) is 7.08. The molecule has 0 unspecified atom stereocenters. The predicted octanol–water partition coefficient (Wildman–Crippen LogP) is 0.402. The van der Waals surface area contributed by atoms with E-state index < -0.39 is 0 Å². The van der Waals surface area contributed by atoms with Crippen molar-refractivity contribution in [3.05, 3.63) is 29.3 Å². The fourth-order valence-electron chi connectivity index (χ4n) is 2.27. The molecule has 22 heavy (non-hydrogen) atoms. The smallest absolute Gasteiger partial charge is 0.258 e. The van der Waals surface area contributed by atoms with Crippen LogP contribution in [0.3, 0.4) is 0 Å². The molecule has 6 nitrogen and oxygen atoms in total. The average molecular weight is 328 g/mol. The highest BCUT2D eigenvalue weighted by molar-refractivity contribution is 6.32. The lowest BCUT2D eigenvalue weighted by atomic mass is 10.3. The molecule has 0 atom stereocenters. The van der Waals surface area contributed by atoms with E-state index in [-0.39, 0.29) is 19.1 Å². The summed E-state index contributed by atoms with van der Waals surface area (Å²) in [7, 11) is 0. The summed E-state index contributed by atoms with van der Waals surface area (Å²) in [4.78, 5) is 16.2. The Hall–Kier alpha value is -1.34. The molecule has 0 radical (unpaired) electrons. The van der Waals surface area contributed by atoms with Gasteiger partial charge in [0.15, 0.2) is 6.61 Å². The van der Waals surface area contributed by atoms with Crippen molar-refractivity contribution in [2.45, 2.75) is 0 Å². The molecular formula is C15H22ClN3O3. The number of benzene rings is 1. The van der Waals surface area contributed by atoms with Gasteiger partial charge in [0, 0.05) is 32.7 Å². The number of carbonyl (C=O) groups is 1. The van der Waals surface area contributed by atoms with Gasteiger partial charge in [0.05, 0.1) is 18.3 Å². The maximum Gasteiger partial charge on any atom is 0.258 e. The lowest BCUT2D eigenvalue weighted by Crippen LogP contribution is -2.50. The van der Waals surface area contributed by atoms with Gasteiger partial charge in [-0.1, -0.05) is 23.7 Å². The topological polar surface area (TPSA) is 65.0 Å². The van der Waals surface area contributed by atoms with Gasteiger partial charge in [-0.2, -0.15) is 0 Å². The molecule has 2 rings (SSSR count). The number of halogens is 1. The standard InChI is InChI=1S/C15H22ClN3O3/c16-13-3-1-2-4-14(13)22-11-15(21)17-12-19-7-5-18(6-8-19)9-10-20/h1-4,20H,5-12H2,(H,17,21). The van der Waals surface area contributed by atoms with E-state index in [9.17, 15) is 4.79 Å². The van der Waals surface area contributed by atoms with Crippen LogP contribution in [0.2, 0.25) is 5.02 Å². The third-order valence-corrected chi connectivity index (χ3v) is 3.89. The molecule has 0 spiro atoms. The monoisotopic (exact) mass is 327 g/mol. The van der Waals surface area contributed by atoms with Crippen molar-refractivity contribution < 1.29 is 14.6 Å². The first-order valence-corrected chi connectivity index (χ1v) is 7.76. The lowest BCUT2D eigenvalue weighted by molar-refractivity contribution is -0.123. The van der Waals surface area contributed by atoms with Gasteiger partial charge in [-0.15, -0.1) is 0 Å². The second-order valence-corrected chi connectivity index (χ2v) is 5.57. The zero-order valence-corrected chi connectivity index (χ0v) is 13.3. The number of rotatable bonds is 7. The van der Waals surface area contributed by atoms with Gasteiger partial charge in [0.25, 0.3) is 5.91 Å². The van der Waals surface area contributed by atoms with E-state index >= 15 is 0 Å². The highest BCUT2D eigenvalue weighted by Crippen LogP contribution is 2.22. The van der Waals surface area contributed by atoms with Gasteiger partial charge in [0.1, 0.15) is 5.75 Å². The summed E-state index contributed by atoms with van der Waals surface area (Å²) >= 11 is 5.96. The van der Waals surface area contributed by atoms with E-state index in [1.54, 1.807) is 12.1 Å². The number of hydrogen-bond donors (Lipinski definition) is 2. The summed E-state index contributed by atoms with van der Waals surface area (Å²) in [6.45, 7) is 4.95. The fraction of sp³-hybridized carbons (Fsp3) is 0.533. The summed E-state index contributed by atoms with van der Waals surface area (Å²) in [5.41, 5.74) is 0. The van der Waals surface area contributed by atoms with Crippen molar-refractivity contribution >= 4 is 17.5 Å². The molecule has 1 aliphatic rings. The molecular weight excluding hydrogens is 306 g/mol. The Morgan fingerprint density at radius 2 is 1.91 bits per heavy atom. The molecule has 0 bridgehead atoms. The highest BCUT2D eigenvalue weighted by Gasteiger charge is 2.16. The molecule has 0 aromatic heterocycles. The molecule has 1 heterocycles. The van der Waals surface area contributed by atoms with Crippen LogP contribution in [0.15, 0.2) is 24.3 Å². The zero-order chi connectivity index (χ0) is 15.8. The molecule has 1 amide bonds. The van der Waals surface area contributed by atoms with Crippen molar-refractivity contribution in [1.29, 1.82) is 0 Å². The van der Waals surface area contributed by atoms with Gasteiger partial charge in [0.2, 0.25) is 0 Å². The Morgan fingerprint density at radius 3 is 2.59 bits per heavy atom. The first-order chi connectivity index (χ1) is 10.7. The number of ether oxygens (including phenoxy) is 1. The maximum atomic E-state index is 11.8. The van der Waals surface area contributed by atoms with Gasteiger partial charge in [-0.05, 0) is 12.1 Å². The van der Waals surface area contributed by atoms with E-state index in [1.165, 1.54) is 0 Å². The van der Waals surface area contributed by atoms with Crippen LogP contribution in [-0.2, 0) is 4.79 Å².